The first-order chi connectivity index (χ1) is 14.6. The molecule has 1 saturated heterocycles. The van der Waals surface area contributed by atoms with Crippen molar-refractivity contribution >= 4 is 23.2 Å². The highest BCUT2D eigenvalue weighted by Crippen LogP contribution is 2.31. The highest BCUT2D eigenvalue weighted by Gasteiger charge is 2.24. The van der Waals surface area contributed by atoms with Crippen LogP contribution in [0, 0.1) is 0 Å². The summed E-state index contributed by atoms with van der Waals surface area (Å²) in [5, 5.41) is 12.1. The molecule has 0 radical (unpaired) electrons. The summed E-state index contributed by atoms with van der Waals surface area (Å²) in [7, 11) is 0. The number of piperazine rings is 1. The molecular formula is C23H28ClN3O3. The number of hydrogen-bond donors (Lipinski definition) is 2. The third-order valence-corrected chi connectivity index (χ3v) is 6.21. The average Bonchev–Trinajstić information content (AvgIpc) is 2.78. The van der Waals surface area contributed by atoms with Gasteiger partial charge in [0.15, 0.2) is 0 Å². The monoisotopic (exact) mass is 429 g/mol. The molecule has 6 nitrogen and oxygen atoms in total. The van der Waals surface area contributed by atoms with Crippen LogP contribution in [0.3, 0.4) is 0 Å². The summed E-state index contributed by atoms with van der Waals surface area (Å²) in [5.74, 6) is -0.248. The van der Waals surface area contributed by atoms with Crippen LogP contribution in [0.4, 0.5) is 5.69 Å². The zero-order valence-electron chi connectivity index (χ0n) is 17.0. The van der Waals surface area contributed by atoms with Gasteiger partial charge in [-0.15, -0.1) is 0 Å². The van der Waals surface area contributed by atoms with Crippen LogP contribution in [-0.4, -0.2) is 62.0 Å². The van der Waals surface area contributed by atoms with E-state index in [-0.39, 0.29) is 18.7 Å². The van der Waals surface area contributed by atoms with Crippen molar-refractivity contribution < 1.29 is 14.6 Å². The number of hydrogen-bond acceptors (Lipinski definition) is 5. The molecule has 2 aromatic rings. The summed E-state index contributed by atoms with van der Waals surface area (Å²) in [6.45, 7) is 5.39. The highest BCUT2D eigenvalue weighted by atomic mass is 35.5. The van der Waals surface area contributed by atoms with Gasteiger partial charge in [-0.05, 0) is 60.4 Å². The first-order valence-corrected chi connectivity index (χ1v) is 10.9. The number of nitrogens with zero attached hydrogens (tertiary/aromatic N) is 2. The number of carbonyl (C=O) groups is 1. The summed E-state index contributed by atoms with van der Waals surface area (Å²) >= 11 is 5.99. The molecule has 2 N–H and O–H groups in total. The fourth-order valence-electron chi connectivity index (χ4n) is 4.27. The molecule has 2 heterocycles. The van der Waals surface area contributed by atoms with E-state index in [0.29, 0.717) is 12.2 Å². The topological polar surface area (TPSA) is 65.0 Å². The zero-order chi connectivity index (χ0) is 20.9. The van der Waals surface area contributed by atoms with Crippen LogP contribution in [0.2, 0.25) is 5.02 Å². The minimum atomic E-state index is -0.354. The van der Waals surface area contributed by atoms with Crippen molar-refractivity contribution in [1.82, 2.24) is 10.2 Å². The number of aliphatic hydroxyl groups is 1. The van der Waals surface area contributed by atoms with Crippen LogP contribution in [0.5, 0.6) is 0 Å². The fraction of sp³-hybridized carbons (Fsp3) is 0.435. The zero-order valence-corrected chi connectivity index (χ0v) is 17.8. The Morgan fingerprint density at radius 3 is 2.63 bits per heavy atom. The van der Waals surface area contributed by atoms with Crippen LogP contribution in [-0.2, 0) is 11.2 Å². The number of aliphatic hydroxyl groups excluding tert-OH is 1. The van der Waals surface area contributed by atoms with Gasteiger partial charge in [-0.1, -0.05) is 17.7 Å². The lowest BCUT2D eigenvalue weighted by molar-refractivity contribution is 0.0288. The van der Waals surface area contributed by atoms with E-state index in [1.54, 1.807) is 0 Å². The van der Waals surface area contributed by atoms with Crippen molar-refractivity contribution in [2.45, 2.75) is 18.9 Å². The fourth-order valence-corrected chi connectivity index (χ4v) is 4.40. The highest BCUT2D eigenvalue weighted by molar-refractivity contribution is 6.30. The van der Waals surface area contributed by atoms with Crippen molar-refractivity contribution in [3.63, 3.8) is 0 Å². The quantitative estimate of drug-likeness (QED) is 0.691. The molecule has 0 spiro atoms. The molecule has 1 atom stereocenters. The SMILES string of the molecule is O=C(NCO)c1ccc2c(c1)CCOC2CCN1CCN(c2ccc(Cl)cc2)CC1. The predicted octanol–water partition coefficient (Wildman–Crippen LogP) is 2.85. The molecule has 0 saturated carbocycles. The molecule has 2 aromatic carbocycles. The maximum absolute atomic E-state index is 12.0. The molecule has 4 rings (SSSR count). The van der Waals surface area contributed by atoms with Gasteiger partial charge >= 0.3 is 0 Å². The number of rotatable bonds is 6. The van der Waals surface area contributed by atoms with Gasteiger partial charge in [0.05, 0.1) is 12.7 Å². The number of halogens is 1. The number of ether oxygens (including phenoxy) is 1. The van der Waals surface area contributed by atoms with Crippen molar-refractivity contribution in [3.8, 4) is 0 Å². The molecular weight excluding hydrogens is 402 g/mol. The van der Waals surface area contributed by atoms with Crippen LogP contribution in [0.1, 0.15) is 34.0 Å². The second kappa shape index (κ2) is 9.79. The Labute approximate surface area is 182 Å². The molecule has 30 heavy (non-hydrogen) atoms. The lowest BCUT2D eigenvalue weighted by Crippen LogP contribution is -2.46. The van der Waals surface area contributed by atoms with E-state index in [2.05, 4.69) is 27.2 Å². The second-order valence-electron chi connectivity index (χ2n) is 7.78. The van der Waals surface area contributed by atoms with Crippen LogP contribution in [0.25, 0.3) is 0 Å². The number of nitrogens with one attached hydrogen (secondary N) is 1. The third kappa shape index (κ3) is 4.95. The Hall–Kier alpha value is -2.12. The molecule has 7 heteroatoms. The molecule has 1 unspecified atom stereocenters. The predicted molar refractivity (Wildman–Crippen MR) is 118 cm³/mol. The largest absolute Gasteiger partial charge is 0.376 e. The van der Waals surface area contributed by atoms with Gasteiger partial charge in [-0.2, -0.15) is 0 Å². The van der Waals surface area contributed by atoms with Gasteiger partial charge in [0.25, 0.3) is 5.91 Å². The molecule has 0 bridgehead atoms. The van der Waals surface area contributed by atoms with Gasteiger partial charge in [0.2, 0.25) is 0 Å². The number of fused-ring (bicyclic) bond motifs is 1. The van der Waals surface area contributed by atoms with E-state index in [0.717, 1.165) is 50.6 Å². The van der Waals surface area contributed by atoms with E-state index < -0.39 is 0 Å². The number of benzene rings is 2. The molecule has 0 aromatic heterocycles. The molecule has 2 aliphatic heterocycles. The van der Waals surface area contributed by atoms with Crippen molar-refractivity contribution in [3.05, 3.63) is 64.2 Å². The third-order valence-electron chi connectivity index (χ3n) is 5.95. The molecule has 1 fully saturated rings. The maximum atomic E-state index is 12.0. The Balaban J connectivity index is 1.31. The summed E-state index contributed by atoms with van der Waals surface area (Å²) in [6, 6.07) is 13.8. The lowest BCUT2D eigenvalue weighted by atomic mass is 9.93. The van der Waals surface area contributed by atoms with E-state index in [4.69, 9.17) is 21.4 Å². The Kier molecular flexibility index (Phi) is 6.89. The van der Waals surface area contributed by atoms with Gasteiger partial charge in [-0.25, -0.2) is 0 Å². The van der Waals surface area contributed by atoms with E-state index in [1.807, 2.05) is 30.3 Å². The average molecular weight is 430 g/mol. The van der Waals surface area contributed by atoms with Crippen molar-refractivity contribution in [2.75, 3.05) is 51.0 Å². The summed E-state index contributed by atoms with van der Waals surface area (Å²) in [6.07, 6.45) is 1.82. The standard InChI is InChI=1S/C23H28ClN3O3/c24-19-2-4-20(5-3-19)27-12-10-26(11-13-27)9-7-22-21-6-1-18(23(29)25-16-28)15-17(21)8-14-30-22/h1-6,15,22,28H,7-14,16H2,(H,25,29). The first-order valence-electron chi connectivity index (χ1n) is 10.5. The smallest absolute Gasteiger partial charge is 0.253 e. The Bertz CT molecular complexity index is 866. The van der Waals surface area contributed by atoms with Gasteiger partial charge in [0, 0.05) is 49.0 Å². The number of carbonyl (C=O) groups excluding carboxylic acids is 1. The first kappa shape index (κ1) is 21.1. The molecule has 2 aliphatic rings. The number of amides is 1. The minimum Gasteiger partial charge on any atom is -0.376 e. The summed E-state index contributed by atoms with van der Waals surface area (Å²) < 4.78 is 6.05. The number of anilines is 1. The van der Waals surface area contributed by atoms with Crippen LogP contribution in [0.15, 0.2) is 42.5 Å². The molecule has 0 aliphatic carbocycles. The summed E-state index contributed by atoms with van der Waals surface area (Å²) in [5.41, 5.74) is 4.16. The van der Waals surface area contributed by atoms with Gasteiger partial charge in [-0.3, -0.25) is 9.69 Å². The molecule has 1 amide bonds. The van der Waals surface area contributed by atoms with Gasteiger partial charge < -0.3 is 20.1 Å². The van der Waals surface area contributed by atoms with E-state index in [1.165, 1.54) is 16.8 Å². The van der Waals surface area contributed by atoms with Gasteiger partial charge in [0.1, 0.15) is 6.73 Å². The van der Waals surface area contributed by atoms with E-state index in [9.17, 15) is 4.79 Å². The Morgan fingerprint density at radius 2 is 1.90 bits per heavy atom. The normalized spacial score (nSPS) is 19.4. The maximum Gasteiger partial charge on any atom is 0.253 e. The van der Waals surface area contributed by atoms with E-state index >= 15 is 0 Å². The van der Waals surface area contributed by atoms with Crippen LogP contribution >= 0.6 is 11.6 Å². The van der Waals surface area contributed by atoms with Crippen molar-refractivity contribution in [1.29, 1.82) is 0 Å². The molecule has 160 valence electrons. The summed E-state index contributed by atoms with van der Waals surface area (Å²) in [4.78, 5) is 16.9. The Morgan fingerprint density at radius 1 is 1.13 bits per heavy atom. The lowest BCUT2D eigenvalue weighted by Gasteiger charge is -2.37. The van der Waals surface area contributed by atoms with Crippen LogP contribution < -0.4 is 10.2 Å². The minimum absolute atomic E-state index is 0.0676. The van der Waals surface area contributed by atoms with Crippen molar-refractivity contribution in [2.24, 2.45) is 0 Å². The second-order valence-corrected chi connectivity index (χ2v) is 8.22.